The van der Waals surface area contributed by atoms with Gasteiger partial charge in [-0.15, -0.1) is 0 Å². The smallest absolute Gasteiger partial charge is 0.276 e. The number of rotatable bonds is 4. The van der Waals surface area contributed by atoms with Crippen molar-refractivity contribution in [1.29, 1.82) is 0 Å². The summed E-state index contributed by atoms with van der Waals surface area (Å²) in [5.41, 5.74) is 3.79. The van der Waals surface area contributed by atoms with Gasteiger partial charge in [0.15, 0.2) is 0 Å². The molecule has 0 radical (unpaired) electrons. The minimum atomic E-state index is -0.120. The van der Waals surface area contributed by atoms with E-state index >= 15 is 0 Å². The van der Waals surface area contributed by atoms with Crippen molar-refractivity contribution in [2.75, 3.05) is 0 Å². The highest BCUT2D eigenvalue weighted by atomic mass is 16.4. The van der Waals surface area contributed by atoms with E-state index in [4.69, 9.17) is 4.42 Å². The van der Waals surface area contributed by atoms with E-state index in [1.807, 2.05) is 73.7 Å². The minimum absolute atomic E-state index is 0.120. The van der Waals surface area contributed by atoms with Gasteiger partial charge in [-0.05, 0) is 25.1 Å². The summed E-state index contributed by atoms with van der Waals surface area (Å²) in [5.74, 6) is 1.26. The fraction of sp³-hybridized carbons (Fsp3) is 0.0870. The molecular formula is C23H18N4O2. The van der Waals surface area contributed by atoms with Crippen LogP contribution in [0.1, 0.15) is 11.5 Å². The number of aryl methyl sites for hydroxylation is 1. The van der Waals surface area contributed by atoms with E-state index in [2.05, 4.69) is 10.1 Å². The van der Waals surface area contributed by atoms with Crippen LogP contribution in [0.3, 0.4) is 0 Å². The summed E-state index contributed by atoms with van der Waals surface area (Å²) < 4.78 is 9.07. The van der Waals surface area contributed by atoms with Crippen molar-refractivity contribution in [3.63, 3.8) is 0 Å². The number of benzene rings is 2. The Morgan fingerprint density at radius 2 is 1.62 bits per heavy atom. The van der Waals surface area contributed by atoms with E-state index in [9.17, 15) is 4.79 Å². The average molecular weight is 382 g/mol. The summed E-state index contributed by atoms with van der Waals surface area (Å²) in [6.07, 6.45) is 3.52. The Bertz CT molecular complexity index is 1350. The first-order valence-corrected chi connectivity index (χ1v) is 9.35. The molecule has 0 aliphatic rings. The van der Waals surface area contributed by atoms with E-state index in [1.54, 1.807) is 21.5 Å². The molecule has 0 spiro atoms. The van der Waals surface area contributed by atoms with Crippen LogP contribution >= 0.6 is 0 Å². The minimum Gasteiger partial charge on any atom is -0.441 e. The van der Waals surface area contributed by atoms with E-state index in [1.165, 1.54) is 0 Å². The van der Waals surface area contributed by atoms with Crippen LogP contribution < -0.4 is 5.56 Å². The fourth-order valence-corrected chi connectivity index (χ4v) is 3.34. The van der Waals surface area contributed by atoms with Gasteiger partial charge in [0.25, 0.3) is 5.56 Å². The lowest BCUT2D eigenvalue weighted by Crippen LogP contribution is -2.22. The number of aromatic nitrogens is 4. The fourth-order valence-electron chi connectivity index (χ4n) is 3.34. The van der Waals surface area contributed by atoms with Gasteiger partial charge in [0, 0.05) is 23.5 Å². The van der Waals surface area contributed by atoms with Crippen molar-refractivity contribution in [1.82, 2.24) is 19.2 Å². The van der Waals surface area contributed by atoms with Crippen molar-refractivity contribution in [3.05, 3.63) is 101 Å². The third-order valence-electron chi connectivity index (χ3n) is 4.91. The van der Waals surface area contributed by atoms with E-state index < -0.39 is 0 Å². The van der Waals surface area contributed by atoms with Crippen molar-refractivity contribution in [3.8, 4) is 22.7 Å². The molecule has 29 heavy (non-hydrogen) atoms. The maximum atomic E-state index is 13.0. The largest absolute Gasteiger partial charge is 0.441 e. The Balaban J connectivity index is 1.51. The lowest BCUT2D eigenvalue weighted by Gasteiger charge is -2.03. The highest BCUT2D eigenvalue weighted by Gasteiger charge is 2.14. The van der Waals surface area contributed by atoms with Crippen LogP contribution in [-0.4, -0.2) is 19.2 Å². The zero-order valence-corrected chi connectivity index (χ0v) is 15.8. The van der Waals surface area contributed by atoms with Crippen LogP contribution in [0.2, 0.25) is 0 Å². The summed E-state index contributed by atoms with van der Waals surface area (Å²) in [7, 11) is 0. The van der Waals surface area contributed by atoms with Gasteiger partial charge in [-0.3, -0.25) is 4.79 Å². The molecule has 0 aliphatic heterocycles. The van der Waals surface area contributed by atoms with Gasteiger partial charge in [-0.1, -0.05) is 48.5 Å². The Labute approximate surface area is 166 Å². The molecule has 2 aromatic carbocycles. The summed E-state index contributed by atoms with van der Waals surface area (Å²) in [5, 5.41) is 4.52. The second-order valence-electron chi connectivity index (χ2n) is 6.84. The zero-order valence-electron chi connectivity index (χ0n) is 15.8. The third kappa shape index (κ3) is 3.14. The zero-order chi connectivity index (χ0) is 19.8. The topological polar surface area (TPSA) is 65.3 Å². The molecule has 5 rings (SSSR count). The molecule has 6 nitrogen and oxygen atoms in total. The number of oxazole rings is 1. The van der Waals surface area contributed by atoms with Gasteiger partial charge >= 0.3 is 0 Å². The first kappa shape index (κ1) is 17.2. The van der Waals surface area contributed by atoms with E-state index in [0.29, 0.717) is 23.7 Å². The predicted octanol–water partition coefficient (Wildman–Crippen LogP) is 4.17. The van der Waals surface area contributed by atoms with Crippen LogP contribution in [0.25, 0.3) is 28.2 Å². The second-order valence-corrected chi connectivity index (χ2v) is 6.84. The molecule has 0 fully saturated rings. The molecule has 0 unspecified atom stereocenters. The van der Waals surface area contributed by atoms with E-state index in [0.717, 1.165) is 22.5 Å². The average Bonchev–Trinajstić information content (AvgIpc) is 3.36. The van der Waals surface area contributed by atoms with E-state index in [-0.39, 0.29) is 5.56 Å². The van der Waals surface area contributed by atoms with Crippen LogP contribution in [-0.2, 0) is 6.54 Å². The summed E-state index contributed by atoms with van der Waals surface area (Å²) in [6.45, 7) is 2.20. The molecule has 5 aromatic rings. The van der Waals surface area contributed by atoms with Gasteiger partial charge in [-0.25, -0.2) is 9.50 Å². The van der Waals surface area contributed by atoms with Crippen LogP contribution in [0.5, 0.6) is 0 Å². The monoisotopic (exact) mass is 382 g/mol. The first-order valence-electron chi connectivity index (χ1n) is 9.35. The van der Waals surface area contributed by atoms with Crippen LogP contribution in [0.15, 0.2) is 88.3 Å². The Hall–Kier alpha value is -3.93. The van der Waals surface area contributed by atoms with Crippen LogP contribution in [0, 0.1) is 6.92 Å². The maximum absolute atomic E-state index is 13.0. The molecule has 0 saturated carbocycles. The summed E-state index contributed by atoms with van der Waals surface area (Å²) >= 11 is 0. The van der Waals surface area contributed by atoms with Crippen molar-refractivity contribution < 1.29 is 4.42 Å². The van der Waals surface area contributed by atoms with Gasteiger partial charge in [0.2, 0.25) is 5.89 Å². The lowest BCUT2D eigenvalue weighted by molar-refractivity contribution is 0.537. The Kier molecular flexibility index (Phi) is 4.09. The maximum Gasteiger partial charge on any atom is 0.276 e. The van der Waals surface area contributed by atoms with Crippen molar-refractivity contribution >= 4 is 5.52 Å². The molecule has 0 amide bonds. The summed E-state index contributed by atoms with van der Waals surface area (Å²) in [6, 6.07) is 21.4. The SMILES string of the molecule is Cc1oc(-c2ccccc2)nc1Cn1ccn2nc(-c3ccccc3)cc2c1=O. The molecular weight excluding hydrogens is 364 g/mol. The normalized spacial score (nSPS) is 11.2. The number of fused-ring (bicyclic) bond motifs is 1. The Morgan fingerprint density at radius 1 is 0.931 bits per heavy atom. The molecule has 142 valence electrons. The number of nitrogens with zero attached hydrogens (tertiary/aromatic N) is 4. The van der Waals surface area contributed by atoms with Gasteiger partial charge in [0.05, 0.1) is 12.2 Å². The number of hydrogen-bond donors (Lipinski definition) is 0. The van der Waals surface area contributed by atoms with Crippen molar-refractivity contribution in [2.45, 2.75) is 13.5 Å². The molecule has 0 N–H and O–H groups in total. The van der Waals surface area contributed by atoms with Gasteiger partial charge in [-0.2, -0.15) is 5.10 Å². The van der Waals surface area contributed by atoms with Crippen LogP contribution in [0.4, 0.5) is 0 Å². The summed E-state index contributed by atoms with van der Waals surface area (Å²) in [4.78, 5) is 17.6. The molecule has 3 aromatic heterocycles. The first-order chi connectivity index (χ1) is 14.2. The number of hydrogen-bond acceptors (Lipinski definition) is 4. The molecule has 3 heterocycles. The molecule has 0 aliphatic carbocycles. The highest BCUT2D eigenvalue weighted by Crippen LogP contribution is 2.22. The lowest BCUT2D eigenvalue weighted by atomic mass is 10.1. The highest BCUT2D eigenvalue weighted by molar-refractivity contribution is 5.65. The van der Waals surface area contributed by atoms with Gasteiger partial charge < -0.3 is 8.98 Å². The van der Waals surface area contributed by atoms with Gasteiger partial charge in [0.1, 0.15) is 17.0 Å². The molecule has 0 atom stereocenters. The molecule has 0 bridgehead atoms. The van der Waals surface area contributed by atoms with Crippen molar-refractivity contribution in [2.24, 2.45) is 0 Å². The quantitative estimate of drug-likeness (QED) is 0.468. The Morgan fingerprint density at radius 3 is 2.34 bits per heavy atom. The molecule has 0 saturated heterocycles. The molecule has 6 heteroatoms. The third-order valence-corrected chi connectivity index (χ3v) is 4.91. The standard InChI is InChI=1S/C23H18N4O2/c1-16-20(24-22(29-16)18-10-6-3-7-11-18)15-26-12-13-27-21(23(26)28)14-19(25-27)17-8-4-2-5-9-17/h2-14H,15H2,1H3. The predicted molar refractivity (Wildman–Crippen MR) is 111 cm³/mol. The second kappa shape index (κ2) is 6.91.